The summed E-state index contributed by atoms with van der Waals surface area (Å²) in [4.78, 5) is 20.6. The predicted octanol–water partition coefficient (Wildman–Crippen LogP) is 2.00. The maximum atomic E-state index is 11.9. The van der Waals surface area contributed by atoms with Crippen LogP contribution in [0.15, 0.2) is 10.9 Å². The fraction of sp³-hybridized carbons (Fsp3) is 0.615. The van der Waals surface area contributed by atoms with E-state index in [0.717, 1.165) is 18.7 Å². The van der Waals surface area contributed by atoms with Gasteiger partial charge in [-0.2, -0.15) is 9.50 Å². The molecule has 0 aliphatic heterocycles. The van der Waals surface area contributed by atoms with E-state index in [1.807, 2.05) is 13.8 Å². The lowest BCUT2D eigenvalue weighted by molar-refractivity contribution is 0.606. The summed E-state index contributed by atoms with van der Waals surface area (Å²) in [6.07, 6.45) is 1.05. The SMILES string of the molecule is CC(C)CCNc1nc2nc(C(C)C)cc(=O)n2[nH]1. The van der Waals surface area contributed by atoms with Crippen LogP contribution in [-0.2, 0) is 0 Å². The Kier molecular flexibility index (Phi) is 3.87. The number of fused-ring (bicyclic) bond motifs is 1. The van der Waals surface area contributed by atoms with Crippen LogP contribution in [0.3, 0.4) is 0 Å². The molecule has 2 heterocycles. The van der Waals surface area contributed by atoms with Crippen molar-refractivity contribution in [2.75, 3.05) is 11.9 Å². The number of aromatic amines is 1. The van der Waals surface area contributed by atoms with Crippen LogP contribution in [0, 0.1) is 5.92 Å². The predicted molar refractivity (Wildman–Crippen MR) is 75.6 cm³/mol. The van der Waals surface area contributed by atoms with E-state index in [1.54, 1.807) is 6.07 Å². The van der Waals surface area contributed by atoms with Crippen LogP contribution in [0.1, 0.15) is 45.7 Å². The van der Waals surface area contributed by atoms with Gasteiger partial charge in [0, 0.05) is 12.6 Å². The summed E-state index contributed by atoms with van der Waals surface area (Å²) in [7, 11) is 0. The van der Waals surface area contributed by atoms with Crippen molar-refractivity contribution in [3.63, 3.8) is 0 Å². The van der Waals surface area contributed by atoms with Crippen LogP contribution in [0.2, 0.25) is 0 Å². The van der Waals surface area contributed by atoms with Crippen molar-refractivity contribution in [3.05, 3.63) is 22.1 Å². The second-order valence-corrected chi connectivity index (χ2v) is 5.49. The van der Waals surface area contributed by atoms with Gasteiger partial charge < -0.3 is 5.32 Å². The van der Waals surface area contributed by atoms with Crippen molar-refractivity contribution in [1.29, 1.82) is 0 Å². The van der Waals surface area contributed by atoms with Crippen molar-refractivity contribution in [2.24, 2.45) is 5.92 Å². The Morgan fingerprint density at radius 1 is 1.32 bits per heavy atom. The molecule has 2 rings (SSSR count). The Morgan fingerprint density at radius 2 is 2.05 bits per heavy atom. The molecule has 0 spiro atoms. The molecule has 0 fully saturated rings. The first kappa shape index (κ1) is 13.6. The molecule has 0 atom stereocenters. The van der Waals surface area contributed by atoms with Crippen molar-refractivity contribution in [3.8, 4) is 0 Å². The summed E-state index contributed by atoms with van der Waals surface area (Å²) >= 11 is 0. The molecule has 2 N–H and O–H groups in total. The molecule has 0 aliphatic rings. The third-order valence-corrected chi connectivity index (χ3v) is 2.96. The molecule has 104 valence electrons. The normalized spacial score (nSPS) is 11.7. The van der Waals surface area contributed by atoms with Gasteiger partial charge in [-0.05, 0) is 18.3 Å². The highest BCUT2D eigenvalue weighted by atomic mass is 16.1. The number of H-pyrrole nitrogens is 1. The lowest BCUT2D eigenvalue weighted by Crippen LogP contribution is -2.16. The van der Waals surface area contributed by atoms with Crippen LogP contribution in [-0.4, -0.2) is 26.1 Å². The van der Waals surface area contributed by atoms with E-state index < -0.39 is 0 Å². The molecule has 19 heavy (non-hydrogen) atoms. The lowest BCUT2D eigenvalue weighted by atomic mass is 10.1. The second kappa shape index (κ2) is 5.42. The zero-order chi connectivity index (χ0) is 14.0. The van der Waals surface area contributed by atoms with Crippen LogP contribution >= 0.6 is 0 Å². The Morgan fingerprint density at radius 3 is 2.68 bits per heavy atom. The quantitative estimate of drug-likeness (QED) is 0.865. The number of hydrogen-bond donors (Lipinski definition) is 2. The van der Waals surface area contributed by atoms with Crippen LogP contribution in [0.5, 0.6) is 0 Å². The molecule has 0 saturated heterocycles. The van der Waals surface area contributed by atoms with Crippen molar-refractivity contribution < 1.29 is 0 Å². The number of hydrogen-bond acceptors (Lipinski definition) is 4. The van der Waals surface area contributed by atoms with Crippen LogP contribution < -0.4 is 10.9 Å². The van der Waals surface area contributed by atoms with Gasteiger partial charge in [0.2, 0.25) is 5.95 Å². The Balaban J connectivity index is 2.25. The smallest absolute Gasteiger partial charge is 0.274 e. The molecule has 0 bridgehead atoms. The van der Waals surface area contributed by atoms with E-state index in [0.29, 0.717) is 17.6 Å². The summed E-state index contributed by atoms with van der Waals surface area (Å²) in [5.74, 6) is 1.85. The first-order valence-electron chi connectivity index (χ1n) is 6.71. The molecule has 0 aromatic carbocycles. The minimum Gasteiger partial charge on any atom is -0.355 e. The van der Waals surface area contributed by atoms with Gasteiger partial charge in [-0.15, -0.1) is 0 Å². The summed E-state index contributed by atoms with van der Waals surface area (Å²) in [5, 5.41) is 6.10. The number of nitrogens with zero attached hydrogens (tertiary/aromatic N) is 3. The van der Waals surface area contributed by atoms with E-state index >= 15 is 0 Å². The largest absolute Gasteiger partial charge is 0.355 e. The Bertz CT molecular complexity index is 611. The van der Waals surface area contributed by atoms with E-state index in [4.69, 9.17) is 0 Å². The highest BCUT2D eigenvalue weighted by Gasteiger charge is 2.09. The molecule has 2 aromatic rings. The van der Waals surface area contributed by atoms with E-state index in [9.17, 15) is 4.79 Å². The van der Waals surface area contributed by atoms with Gasteiger partial charge in [-0.3, -0.25) is 9.89 Å². The zero-order valence-corrected chi connectivity index (χ0v) is 11.9. The summed E-state index contributed by atoms with van der Waals surface area (Å²) < 4.78 is 1.36. The summed E-state index contributed by atoms with van der Waals surface area (Å²) in [6, 6.07) is 1.55. The average Bonchev–Trinajstić information content (AvgIpc) is 2.71. The first-order valence-corrected chi connectivity index (χ1v) is 6.71. The molecule has 0 aliphatic carbocycles. The van der Waals surface area contributed by atoms with E-state index in [2.05, 4.69) is 34.2 Å². The van der Waals surface area contributed by atoms with Gasteiger partial charge in [0.25, 0.3) is 11.3 Å². The topological polar surface area (TPSA) is 75.1 Å². The Labute approximate surface area is 112 Å². The molecule has 0 radical (unpaired) electrons. The highest BCUT2D eigenvalue weighted by Crippen LogP contribution is 2.10. The van der Waals surface area contributed by atoms with Gasteiger partial charge in [0.15, 0.2) is 0 Å². The maximum Gasteiger partial charge on any atom is 0.274 e. The molecule has 0 amide bonds. The fourth-order valence-corrected chi connectivity index (χ4v) is 1.75. The van der Waals surface area contributed by atoms with Gasteiger partial charge in [-0.25, -0.2) is 4.98 Å². The molecule has 2 aromatic heterocycles. The number of anilines is 1. The zero-order valence-electron chi connectivity index (χ0n) is 11.9. The minimum atomic E-state index is -0.127. The van der Waals surface area contributed by atoms with Gasteiger partial charge in [0.05, 0.1) is 5.69 Å². The monoisotopic (exact) mass is 263 g/mol. The van der Waals surface area contributed by atoms with E-state index in [-0.39, 0.29) is 11.5 Å². The molecule has 0 saturated carbocycles. The highest BCUT2D eigenvalue weighted by molar-refractivity contribution is 5.37. The maximum absolute atomic E-state index is 11.9. The number of nitrogens with one attached hydrogen (secondary N) is 2. The first-order chi connectivity index (χ1) is 8.97. The molecule has 6 heteroatoms. The molecule has 6 nitrogen and oxygen atoms in total. The molecular formula is C13H21N5O. The standard InChI is InChI=1S/C13H21N5O/c1-8(2)5-6-14-12-16-13-15-10(9(3)4)7-11(19)18(13)17-12/h7-9H,5-6H2,1-4H3,(H2,14,15,16,17). The van der Waals surface area contributed by atoms with Gasteiger partial charge >= 0.3 is 0 Å². The van der Waals surface area contributed by atoms with Crippen molar-refractivity contribution in [1.82, 2.24) is 19.6 Å². The van der Waals surface area contributed by atoms with Crippen LogP contribution in [0.4, 0.5) is 5.95 Å². The third kappa shape index (κ3) is 3.13. The summed E-state index contributed by atoms with van der Waals surface area (Å²) in [5.41, 5.74) is 0.642. The average molecular weight is 263 g/mol. The number of rotatable bonds is 5. The van der Waals surface area contributed by atoms with Crippen molar-refractivity contribution in [2.45, 2.75) is 40.0 Å². The van der Waals surface area contributed by atoms with Gasteiger partial charge in [0.1, 0.15) is 0 Å². The fourth-order valence-electron chi connectivity index (χ4n) is 1.75. The third-order valence-electron chi connectivity index (χ3n) is 2.96. The Hall–Kier alpha value is -1.85. The number of aromatic nitrogens is 4. The van der Waals surface area contributed by atoms with Crippen molar-refractivity contribution >= 4 is 11.7 Å². The second-order valence-electron chi connectivity index (χ2n) is 5.49. The van der Waals surface area contributed by atoms with Crippen LogP contribution in [0.25, 0.3) is 5.78 Å². The van der Waals surface area contributed by atoms with E-state index in [1.165, 1.54) is 4.52 Å². The summed E-state index contributed by atoms with van der Waals surface area (Å²) in [6.45, 7) is 9.17. The minimum absolute atomic E-state index is 0.127. The van der Waals surface area contributed by atoms with Gasteiger partial charge in [-0.1, -0.05) is 27.7 Å². The molecular weight excluding hydrogens is 242 g/mol. The molecule has 0 unspecified atom stereocenters. The lowest BCUT2D eigenvalue weighted by Gasteiger charge is -2.04.